The fourth-order valence-electron chi connectivity index (χ4n) is 3.30. The maximum atomic E-state index is 12.2. The number of aliphatic imine (C=N–C) groups is 1. The molecule has 0 unspecified atom stereocenters. The van der Waals surface area contributed by atoms with Crippen LogP contribution < -0.4 is 9.75 Å². The summed E-state index contributed by atoms with van der Waals surface area (Å²) in [6, 6.07) is 2.97. The standard InChI is InChI=1S/C20H17Cl2N3O4/c1-10-16(26)8-19(28)25(24-10)12-5-14(21)20(15(22)6-12)29-18-7-13(11-3-2-4-11)17(27)9-23-18/h5-7,11H,2-4,8-9H2,1H3. The van der Waals surface area contributed by atoms with Gasteiger partial charge in [-0.1, -0.05) is 29.6 Å². The number of Topliss-reactive ketones (excluding diaryl/α,β-unsaturated/α-hetero) is 2. The Morgan fingerprint density at radius 2 is 1.79 bits per heavy atom. The van der Waals surface area contributed by atoms with E-state index in [1.54, 1.807) is 6.08 Å². The monoisotopic (exact) mass is 433 g/mol. The van der Waals surface area contributed by atoms with Gasteiger partial charge in [-0.25, -0.2) is 4.99 Å². The third-order valence-electron chi connectivity index (χ3n) is 5.16. The molecule has 0 N–H and O–H groups in total. The third kappa shape index (κ3) is 3.84. The van der Waals surface area contributed by atoms with Gasteiger partial charge in [-0.3, -0.25) is 14.4 Å². The molecule has 4 rings (SSSR count). The summed E-state index contributed by atoms with van der Waals surface area (Å²) in [5.74, 6) is -0.0565. The molecule has 9 heteroatoms. The molecule has 2 aliphatic heterocycles. The van der Waals surface area contributed by atoms with Crippen LogP contribution >= 0.6 is 23.2 Å². The Balaban J connectivity index is 1.60. The maximum absolute atomic E-state index is 12.2. The van der Waals surface area contributed by atoms with E-state index in [1.807, 2.05) is 0 Å². The summed E-state index contributed by atoms with van der Waals surface area (Å²) < 4.78 is 5.79. The van der Waals surface area contributed by atoms with Gasteiger partial charge in [0.25, 0.3) is 5.91 Å². The first kappa shape index (κ1) is 19.8. The van der Waals surface area contributed by atoms with Crippen molar-refractivity contribution in [3.63, 3.8) is 0 Å². The van der Waals surface area contributed by atoms with Crippen LogP contribution in [0.1, 0.15) is 32.6 Å². The SMILES string of the molecule is CC1=NN(c2cc(Cl)c(OC3=NCC(=O)C(C4CCC4)=C3)c(Cl)c2)C(=O)CC1=O. The van der Waals surface area contributed by atoms with Gasteiger partial charge in [-0.2, -0.15) is 10.1 Å². The average molecular weight is 434 g/mol. The number of nitrogens with zero attached hydrogens (tertiary/aromatic N) is 3. The summed E-state index contributed by atoms with van der Waals surface area (Å²) in [4.78, 5) is 40.0. The highest BCUT2D eigenvalue weighted by molar-refractivity contribution is 6.44. The van der Waals surface area contributed by atoms with Crippen molar-refractivity contribution < 1.29 is 19.1 Å². The molecule has 0 atom stereocenters. The van der Waals surface area contributed by atoms with Gasteiger partial charge in [0.05, 0.1) is 22.2 Å². The Morgan fingerprint density at radius 3 is 2.41 bits per heavy atom. The van der Waals surface area contributed by atoms with E-state index in [2.05, 4.69) is 10.1 Å². The summed E-state index contributed by atoms with van der Waals surface area (Å²) >= 11 is 12.7. The minimum absolute atomic E-state index is 0.0148. The maximum Gasteiger partial charge on any atom is 0.255 e. The van der Waals surface area contributed by atoms with E-state index >= 15 is 0 Å². The van der Waals surface area contributed by atoms with Crippen LogP contribution in [0.25, 0.3) is 0 Å². The lowest BCUT2D eigenvalue weighted by atomic mass is 9.77. The van der Waals surface area contributed by atoms with Gasteiger partial charge in [-0.15, -0.1) is 0 Å². The van der Waals surface area contributed by atoms with Crippen LogP contribution in [0.15, 0.2) is 33.9 Å². The minimum atomic E-state index is -0.468. The van der Waals surface area contributed by atoms with Crippen LogP contribution in [0.4, 0.5) is 5.69 Å². The Bertz CT molecular complexity index is 1000. The molecule has 1 aliphatic carbocycles. The van der Waals surface area contributed by atoms with E-state index in [4.69, 9.17) is 27.9 Å². The largest absolute Gasteiger partial charge is 0.436 e. The second kappa shape index (κ2) is 7.72. The molecule has 3 aliphatic rings. The molecule has 2 heterocycles. The number of carbonyl (C=O) groups excluding carboxylic acids is 3. The predicted octanol–water partition coefficient (Wildman–Crippen LogP) is 3.76. The van der Waals surface area contributed by atoms with Crippen molar-refractivity contribution >= 4 is 58.0 Å². The molecule has 29 heavy (non-hydrogen) atoms. The highest BCUT2D eigenvalue weighted by atomic mass is 35.5. The second-order valence-corrected chi connectivity index (χ2v) is 7.95. The third-order valence-corrected chi connectivity index (χ3v) is 5.72. The number of rotatable bonds is 3. The smallest absolute Gasteiger partial charge is 0.255 e. The lowest BCUT2D eigenvalue weighted by Crippen LogP contribution is -2.36. The lowest BCUT2D eigenvalue weighted by molar-refractivity contribution is -0.124. The normalized spacial score (nSPS) is 20.2. The van der Waals surface area contributed by atoms with Gasteiger partial charge in [0.15, 0.2) is 17.3 Å². The zero-order valence-corrected chi connectivity index (χ0v) is 17.1. The van der Waals surface area contributed by atoms with E-state index in [0.29, 0.717) is 5.69 Å². The molecular formula is C20H17Cl2N3O4. The number of benzene rings is 1. The zero-order valence-electron chi connectivity index (χ0n) is 15.6. The molecule has 0 spiro atoms. The number of anilines is 1. The van der Waals surface area contributed by atoms with E-state index in [9.17, 15) is 14.4 Å². The minimum Gasteiger partial charge on any atom is -0.436 e. The molecule has 0 saturated heterocycles. The van der Waals surface area contributed by atoms with Crippen molar-refractivity contribution in [2.45, 2.75) is 32.6 Å². The molecule has 1 aromatic rings. The van der Waals surface area contributed by atoms with Crippen LogP contribution in [0.2, 0.25) is 10.0 Å². The first-order valence-electron chi connectivity index (χ1n) is 9.21. The van der Waals surface area contributed by atoms with Crippen molar-refractivity contribution in [2.24, 2.45) is 16.0 Å². The van der Waals surface area contributed by atoms with Gasteiger partial charge >= 0.3 is 0 Å². The van der Waals surface area contributed by atoms with Crippen molar-refractivity contribution in [1.82, 2.24) is 0 Å². The Morgan fingerprint density at radius 1 is 1.10 bits per heavy atom. The first-order chi connectivity index (χ1) is 13.8. The van der Waals surface area contributed by atoms with Gasteiger partial charge in [-0.05, 0) is 37.8 Å². The van der Waals surface area contributed by atoms with Crippen LogP contribution in [0.5, 0.6) is 5.75 Å². The molecule has 7 nitrogen and oxygen atoms in total. The number of ketones is 2. The van der Waals surface area contributed by atoms with Crippen molar-refractivity contribution in [3.8, 4) is 5.75 Å². The second-order valence-electron chi connectivity index (χ2n) is 7.14. The van der Waals surface area contributed by atoms with Gasteiger partial charge < -0.3 is 4.74 Å². The van der Waals surface area contributed by atoms with Gasteiger partial charge in [0, 0.05) is 11.6 Å². The fraction of sp³-hybridized carbons (Fsp3) is 0.350. The number of hydrogen-bond acceptors (Lipinski definition) is 6. The molecule has 1 saturated carbocycles. The average Bonchev–Trinajstić information content (AvgIpc) is 2.62. The Labute approximate surface area is 177 Å². The highest BCUT2D eigenvalue weighted by Gasteiger charge is 2.30. The fourth-order valence-corrected chi connectivity index (χ4v) is 3.85. The molecular weight excluding hydrogens is 417 g/mol. The van der Waals surface area contributed by atoms with Gasteiger partial charge in [0.1, 0.15) is 12.3 Å². The molecule has 1 amide bonds. The number of carbonyl (C=O) groups is 3. The van der Waals surface area contributed by atoms with E-state index in [1.165, 1.54) is 19.1 Å². The topological polar surface area (TPSA) is 88.4 Å². The van der Waals surface area contributed by atoms with E-state index in [0.717, 1.165) is 29.8 Å². The number of hydrogen-bond donors (Lipinski definition) is 0. The summed E-state index contributed by atoms with van der Waals surface area (Å²) in [5.41, 5.74) is 1.29. The number of halogens is 2. The predicted molar refractivity (Wildman–Crippen MR) is 110 cm³/mol. The highest BCUT2D eigenvalue weighted by Crippen LogP contribution is 2.39. The summed E-state index contributed by atoms with van der Waals surface area (Å²) in [5, 5.41) is 5.43. The molecule has 0 aromatic heterocycles. The lowest BCUT2D eigenvalue weighted by Gasteiger charge is -2.28. The van der Waals surface area contributed by atoms with Crippen LogP contribution in [-0.4, -0.2) is 35.6 Å². The van der Waals surface area contributed by atoms with E-state index in [-0.39, 0.29) is 57.9 Å². The summed E-state index contributed by atoms with van der Waals surface area (Å²) in [7, 11) is 0. The summed E-state index contributed by atoms with van der Waals surface area (Å²) in [6.45, 7) is 1.58. The molecule has 1 fully saturated rings. The van der Waals surface area contributed by atoms with Gasteiger partial charge in [0.2, 0.25) is 5.90 Å². The molecule has 1 aromatic carbocycles. The number of ether oxygens (including phenoxy) is 1. The van der Waals surface area contributed by atoms with Crippen molar-refractivity contribution in [2.75, 3.05) is 11.6 Å². The van der Waals surface area contributed by atoms with E-state index < -0.39 is 5.91 Å². The molecule has 0 radical (unpaired) electrons. The Kier molecular flexibility index (Phi) is 5.27. The molecule has 150 valence electrons. The zero-order chi connectivity index (χ0) is 20.7. The first-order valence-corrected chi connectivity index (χ1v) is 9.96. The summed E-state index contributed by atoms with van der Waals surface area (Å²) in [6.07, 6.45) is 4.50. The molecule has 0 bridgehead atoms. The Hall–Kier alpha value is -2.51. The number of amides is 1. The quantitative estimate of drug-likeness (QED) is 0.678. The van der Waals surface area contributed by atoms with Crippen LogP contribution in [0, 0.1) is 5.92 Å². The van der Waals surface area contributed by atoms with Crippen LogP contribution in [0.3, 0.4) is 0 Å². The number of dihydropyridines is 1. The van der Waals surface area contributed by atoms with Crippen molar-refractivity contribution in [1.29, 1.82) is 0 Å². The number of hydrazone groups is 1. The van der Waals surface area contributed by atoms with Crippen LogP contribution in [-0.2, 0) is 14.4 Å². The van der Waals surface area contributed by atoms with Crippen molar-refractivity contribution in [3.05, 3.63) is 33.8 Å².